The van der Waals surface area contributed by atoms with Gasteiger partial charge in [-0.2, -0.15) is 8.42 Å². The number of aliphatic hydroxyl groups is 1. The van der Waals surface area contributed by atoms with Crippen molar-refractivity contribution in [3.8, 4) is 0 Å². The van der Waals surface area contributed by atoms with Gasteiger partial charge in [0.25, 0.3) is 10.1 Å². The SMILES string of the molecule is CC(C)(O)CCCCCOS(C)(=O)=O. The summed E-state index contributed by atoms with van der Waals surface area (Å²) in [5.41, 5.74) is -0.627. The van der Waals surface area contributed by atoms with E-state index in [9.17, 15) is 13.5 Å². The first kappa shape index (κ1) is 13.9. The highest BCUT2D eigenvalue weighted by Crippen LogP contribution is 2.12. The van der Waals surface area contributed by atoms with Gasteiger partial charge in [0.05, 0.1) is 18.5 Å². The Morgan fingerprint density at radius 1 is 1.21 bits per heavy atom. The molecule has 0 aromatic rings. The molecule has 0 aliphatic carbocycles. The predicted molar refractivity (Wildman–Crippen MR) is 55.6 cm³/mol. The van der Waals surface area contributed by atoms with E-state index in [0.717, 1.165) is 25.5 Å². The van der Waals surface area contributed by atoms with Crippen LogP contribution < -0.4 is 0 Å². The second-order valence-corrected chi connectivity index (χ2v) is 5.79. The Balaban J connectivity index is 3.32. The molecule has 0 saturated carbocycles. The molecule has 0 atom stereocenters. The van der Waals surface area contributed by atoms with Crippen molar-refractivity contribution < 1.29 is 17.7 Å². The summed E-state index contributed by atoms with van der Waals surface area (Å²) in [5, 5.41) is 9.38. The molecule has 0 fully saturated rings. The summed E-state index contributed by atoms with van der Waals surface area (Å²) in [7, 11) is -3.29. The Hall–Kier alpha value is -0.130. The van der Waals surface area contributed by atoms with Crippen molar-refractivity contribution in [1.82, 2.24) is 0 Å². The average molecular weight is 224 g/mol. The number of rotatable bonds is 7. The zero-order valence-corrected chi connectivity index (χ0v) is 9.93. The molecule has 0 amide bonds. The highest BCUT2D eigenvalue weighted by atomic mass is 32.2. The topological polar surface area (TPSA) is 63.6 Å². The van der Waals surface area contributed by atoms with Crippen LogP contribution in [0.1, 0.15) is 39.5 Å². The minimum atomic E-state index is -3.29. The van der Waals surface area contributed by atoms with Crippen LogP contribution in [-0.4, -0.2) is 32.0 Å². The molecule has 0 aromatic carbocycles. The third kappa shape index (κ3) is 11.9. The molecule has 0 saturated heterocycles. The summed E-state index contributed by atoms with van der Waals surface area (Å²) in [4.78, 5) is 0. The van der Waals surface area contributed by atoms with Crippen molar-refractivity contribution in [2.75, 3.05) is 12.9 Å². The normalized spacial score (nSPS) is 13.1. The van der Waals surface area contributed by atoms with Gasteiger partial charge in [0, 0.05) is 0 Å². The van der Waals surface area contributed by atoms with Gasteiger partial charge in [0.1, 0.15) is 0 Å². The van der Waals surface area contributed by atoms with Crippen molar-refractivity contribution in [3.05, 3.63) is 0 Å². The van der Waals surface area contributed by atoms with E-state index in [4.69, 9.17) is 0 Å². The molecular formula is C9H20O4S. The van der Waals surface area contributed by atoms with E-state index < -0.39 is 15.7 Å². The van der Waals surface area contributed by atoms with Crippen LogP contribution in [0.3, 0.4) is 0 Å². The van der Waals surface area contributed by atoms with Crippen LogP contribution in [0.5, 0.6) is 0 Å². The molecule has 0 radical (unpaired) electrons. The minimum absolute atomic E-state index is 0.241. The van der Waals surface area contributed by atoms with E-state index in [1.54, 1.807) is 13.8 Å². The zero-order chi connectivity index (χ0) is 11.2. The molecule has 0 heterocycles. The van der Waals surface area contributed by atoms with Crippen LogP contribution in [-0.2, 0) is 14.3 Å². The molecule has 1 N–H and O–H groups in total. The van der Waals surface area contributed by atoms with Crippen molar-refractivity contribution in [2.24, 2.45) is 0 Å². The summed E-state index contributed by atoms with van der Waals surface area (Å²) in [6.45, 7) is 3.77. The third-order valence-corrected chi connectivity index (χ3v) is 2.33. The van der Waals surface area contributed by atoms with Crippen LogP contribution in [0.25, 0.3) is 0 Å². The highest BCUT2D eigenvalue weighted by Gasteiger charge is 2.11. The summed E-state index contributed by atoms with van der Waals surface area (Å²) < 4.78 is 25.7. The lowest BCUT2D eigenvalue weighted by Gasteiger charge is -2.16. The number of unbranched alkanes of at least 4 members (excludes halogenated alkanes) is 2. The molecule has 0 aliphatic rings. The molecule has 4 nitrogen and oxygen atoms in total. The Labute approximate surface area is 86.4 Å². The molecule has 14 heavy (non-hydrogen) atoms. The summed E-state index contributed by atoms with van der Waals surface area (Å²) in [5.74, 6) is 0. The molecule has 0 aliphatic heterocycles. The van der Waals surface area contributed by atoms with Crippen molar-refractivity contribution in [3.63, 3.8) is 0 Å². The van der Waals surface area contributed by atoms with Crippen LogP contribution in [0, 0.1) is 0 Å². The number of hydrogen-bond donors (Lipinski definition) is 1. The lowest BCUT2D eigenvalue weighted by Crippen LogP contribution is -2.17. The van der Waals surface area contributed by atoms with Gasteiger partial charge >= 0.3 is 0 Å². The van der Waals surface area contributed by atoms with Gasteiger partial charge in [-0.3, -0.25) is 4.18 Å². The van der Waals surface area contributed by atoms with E-state index in [2.05, 4.69) is 4.18 Å². The Kier molecular flexibility index (Phi) is 5.63. The Morgan fingerprint density at radius 3 is 2.21 bits per heavy atom. The maximum atomic E-state index is 10.6. The second-order valence-electron chi connectivity index (χ2n) is 4.15. The van der Waals surface area contributed by atoms with Crippen LogP contribution in [0.15, 0.2) is 0 Å². The molecule has 0 bridgehead atoms. The fourth-order valence-electron chi connectivity index (χ4n) is 1.05. The Morgan fingerprint density at radius 2 is 1.79 bits per heavy atom. The summed E-state index contributed by atoms with van der Waals surface area (Å²) in [6.07, 6.45) is 4.25. The van der Waals surface area contributed by atoms with Crippen LogP contribution in [0.2, 0.25) is 0 Å². The monoisotopic (exact) mass is 224 g/mol. The minimum Gasteiger partial charge on any atom is -0.390 e. The Bertz CT molecular complexity index is 238. The van der Waals surface area contributed by atoms with E-state index in [1.807, 2.05) is 0 Å². The fourth-order valence-corrected chi connectivity index (χ4v) is 1.47. The smallest absolute Gasteiger partial charge is 0.264 e. The molecule has 86 valence electrons. The van der Waals surface area contributed by atoms with Gasteiger partial charge in [-0.25, -0.2) is 0 Å². The first-order valence-corrected chi connectivity index (χ1v) is 6.59. The fraction of sp³-hybridized carbons (Fsp3) is 1.00. The lowest BCUT2D eigenvalue weighted by molar-refractivity contribution is 0.0677. The quantitative estimate of drug-likeness (QED) is 0.523. The summed E-state index contributed by atoms with van der Waals surface area (Å²) in [6, 6.07) is 0. The summed E-state index contributed by atoms with van der Waals surface area (Å²) >= 11 is 0. The van der Waals surface area contributed by atoms with E-state index in [-0.39, 0.29) is 6.61 Å². The maximum Gasteiger partial charge on any atom is 0.264 e. The van der Waals surface area contributed by atoms with Crippen LogP contribution >= 0.6 is 0 Å². The molecule has 5 heteroatoms. The second kappa shape index (κ2) is 5.68. The molecular weight excluding hydrogens is 204 g/mol. The first-order valence-electron chi connectivity index (χ1n) is 4.77. The number of hydrogen-bond acceptors (Lipinski definition) is 4. The zero-order valence-electron chi connectivity index (χ0n) is 9.12. The largest absolute Gasteiger partial charge is 0.390 e. The molecule has 0 rings (SSSR count). The van der Waals surface area contributed by atoms with Gasteiger partial charge in [0.2, 0.25) is 0 Å². The lowest BCUT2D eigenvalue weighted by atomic mass is 10.0. The van der Waals surface area contributed by atoms with E-state index >= 15 is 0 Å². The predicted octanol–water partition coefficient (Wildman–Crippen LogP) is 1.29. The van der Waals surface area contributed by atoms with Gasteiger partial charge < -0.3 is 5.11 Å². The average Bonchev–Trinajstić information content (AvgIpc) is 1.92. The van der Waals surface area contributed by atoms with E-state index in [0.29, 0.717) is 6.42 Å². The first-order chi connectivity index (χ1) is 6.21. The van der Waals surface area contributed by atoms with Crippen molar-refractivity contribution >= 4 is 10.1 Å². The highest BCUT2D eigenvalue weighted by molar-refractivity contribution is 7.85. The molecule has 0 unspecified atom stereocenters. The van der Waals surface area contributed by atoms with Crippen molar-refractivity contribution in [1.29, 1.82) is 0 Å². The van der Waals surface area contributed by atoms with Gasteiger partial charge in [0.15, 0.2) is 0 Å². The van der Waals surface area contributed by atoms with E-state index in [1.165, 1.54) is 0 Å². The molecule has 0 aromatic heterocycles. The maximum absolute atomic E-state index is 10.6. The molecule has 0 spiro atoms. The van der Waals surface area contributed by atoms with Crippen LogP contribution in [0.4, 0.5) is 0 Å². The van der Waals surface area contributed by atoms with Gasteiger partial charge in [-0.1, -0.05) is 12.8 Å². The van der Waals surface area contributed by atoms with Gasteiger partial charge in [-0.05, 0) is 26.7 Å². The van der Waals surface area contributed by atoms with Crippen molar-refractivity contribution in [2.45, 2.75) is 45.1 Å². The standard InChI is InChI=1S/C9H20O4S/c1-9(2,10)7-5-4-6-8-13-14(3,11)12/h10H,4-8H2,1-3H3. The third-order valence-electron chi connectivity index (χ3n) is 1.73. The van der Waals surface area contributed by atoms with Gasteiger partial charge in [-0.15, -0.1) is 0 Å².